The van der Waals surface area contributed by atoms with Gasteiger partial charge in [0.1, 0.15) is 17.0 Å². The number of pyridine rings is 2. The Bertz CT molecular complexity index is 1660. The van der Waals surface area contributed by atoms with Gasteiger partial charge in [-0.15, -0.1) is 0 Å². The maximum atomic E-state index is 14.7. The minimum Gasteiger partial charge on any atom is -0.397 e. The first-order valence-corrected chi connectivity index (χ1v) is 10.8. The maximum Gasteiger partial charge on any atom is 0.336 e. The average Bonchev–Trinajstić information content (AvgIpc) is 3.62. The van der Waals surface area contributed by atoms with Crippen LogP contribution in [-0.4, -0.2) is 18.7 Å². The van der Waals surface area contributed by atoms with E-state index < -0.39 is 22.6 Å². The lowest BCUT2D eigenvalue weighted by Gasteiger charge is -2.20. The first-order valence-electron chi connectivity index (χ1n) is 10.8. The smallest absolute Gasteiger partial charge is 0.336 e. The van der Waals surface area contributed by atoms with Crippen molar-refractivity contribution >= 4 is 28.1 Å². The lowest BCUT2D eigenvalue weighted by Crippen LogP contribution is -2.41. The number of anilines is 3. The van der Waals surface area contributed by atoms with Crippen molar-refractivity contribution < 1.29 is 4.39 Å². The molecule has 5 rings (SSSR count). The second kappa shape index (κ2) is 7.68. The Labute approximate surface area is 192 Å². The number of aryl methyl sites for hydroxylation is 2. The van der Waals surface area contributed by atoms with E-state index >= 15 is 0 Å². The molecule has 174 valence electrons. The monoisotopic (exact) mass is 462 g/mol. The van der Waals surface area contributed by atoms with E-state index in [2.05, 4.69) is 10.3 Å². The van der Waals surface area contributed by atoms with E-state index in [1.165, 1.54) is 45.3 Å². The molecule has 1 aliphatic carbocycles. The molecular weight excluding hydrogens is 439 g/mol. The zero-order valence-corrected chi connectivity index (χ0v) is 18.9. The fraction of sp³-hybridized carbons (Fsp3) is 0.250. The second-order valence-corrected chi connectivity index (χ2v) is 8.67. The Morgan fingerprint density at radius 2 is 1.82 bits per heavy atom. The number of halogens is 1. The van der Waals surface area contributed by atoms with Crippen molar-refractivity contribution in [3.05, 3.63) is 84.8 Å². The van der Waals surface area contributed by atoms with E-state index in [1.54, 1.807) is 26.0 Å². The van der Waals surface area contributed by atoms with Crippen LogP contribution in [0.1, 0.15) is 30.0 Å². The molecule has 0 unspecified atom stereocenters. The van der Waals surface area contributed by atoms with Gasteiger partial charge in [0.15, 0.2) is 0 Å². The molecule has 0 radical (unpaired) electrons. The predicted molar refractivity (Wildman–Crippen MR) is 129 cm³/mol. The number of benzene rings is 1. The van der Waals surface area contributed by atoms with Gasteiger partial charge in [0.2, 0.25) is 0 Å². The lowest BCUT2D eigenvalue weighted by atomic mass is 10.1. The number of nitrogens with two attached hydrogens (primary N) is 1. The summed E-state index contributed by atoms with van der Waals surface area (Å²) >= 11 is 0. The van der Waals surface area contributed by atoms with E-state index in [0.29, 0.717) is 24.2 Å². The minimum atomic E-state index is -0.573. The molecule has 3 N–H and O–H groups in total. The van der Waals surface area contributed by atoms with E-state index in [9.17, 15) is 18.8 Å². The number of nitrogen functional groups attached to an aromatic ring is 1. The first kappa shape index (κ1) is 21.6. The lowest BCUT2D eigenvalue weighted by molar-refractivity contribution is 0.630. The van der Waals surface area contributed by atoms with Crippen LogP contribution in [0.15, 0.2) is 51.0 Å². The largest absolute Gasteiger partial charge is 0.397 e. The quantitative estimate of drug-likeness (QED) is 0.482. The summed E-state index contributed by atoms with van der Waals surface area (Å²) in [4.78, 5) is 44.6. The van der Waals surface area contributed by atoms with Gasteiger partial charge in [-0.1, -0.05) is 6.07 Å². The number of nitrogens with one attached hydrogen (secondary N) is 1. The van der Waals surface area contributed by atoms with E-state index in [1.807, 2.05) is 0 Å². The average molecular weight is 462 g/mol. The van der Waals surface area contributed by atoms with Gasteiger partial charge < -0.3 is 11.1 Å². The SMILES string of the molecule is Cc1ccc(Nc2c3c(=O)n(C4CC4)c(=O)n(-c4cncc(N)c4)c3c(C)c(=O)n2C)c(F)c1. The van der Waals surface area contributed by atoms with Crippen molar-refractivity contribution in [2.24, 2.45) is 7.05 Å². The molecule has 3 heterocycles. The summed E-state index contributed by atoms with van der Waals surface area (Å²) in [5, 5.41) is 3.04. The highest BCUT2D eigenvalue weighted by atomic mass is 19.1. The van der Waals surface area contributed by atoms with Gasteiger partial charge in [0.05, 0.1) is 28.8 Å². The van der Waals surface area contributed by atoms with Crippen molar-refractivity contribution in [3.8, 4) is 5.69 Å². The molecular formula is C24H23FN6O3. The van der Waals surface area contributed by atoms with Crippen LogP contribution in [0, 0.1) is 19.7 Å². The van der Waals surface area contributed by atoms with Gasteiger partial charge in [-0.2, -0.15) is 0 Å². The first-order chi connectivity index (χ1) is 16.2. The van der Waals surface area contributed by atoms with E-state index in [4.69, 9.17) is 5.73 Å². The summed E-state index contributed by atoms with van der Waals surface area (Å²) in [5.41, 5.74) is 6.19. The van der Waals surface area contributed by atoms with Crippen molar-refractivity contribution in [2.75, 3.05) is 11.1 Å². The van der Waals surface area contributed by atoms with Crippen LogP contribution in [0.2, 0.25) is 0 Å². The maximum absolute atomic E-state index is 14.7. The van der Waals surface area contributed by atoms with Crippen LogP contribution in [0.5, 0.6) is 0 Å². The van der Waals surface area contributed by atoms with Gasteiger partial charge in [0, 0.05) is 24.8 Å². The Morgan fingerprint density at radius 1 is 1.09 bits per heavy atom. The second-order valence-electron chi connectivity index (χ2n) is 8.67. The number of rotatable bonds is 4. The zero-order valence-electron chi connectivity index (χ0n) is 18.9. The number of hydrogen-bond acceptors (Lipinski definition) is 6. The highest BCUT2D eigenvalue weighted by Gasteiger charge is 2.31. The molecule has 0 bridgehead atoms. The zero-order chi connectivity index (χ0) is 24.3. The molecule has 1 aromatic carbocycles. The standard InChI is InChI=1S/C24H23FN6O3/c1-12-4-7-18(17(25)8-12)28-21-19-20(13(2)22(32)29(21)3)30(16-9-14(26)10-27-11-16)24(34)31(23(19)33)15-5-6-15/h4,7-11,15,28H,5-6,26H2,1-3H3. The third kappa shape index (κ3) is 3.30. The van der Waals surface area contributed by atoms with Crippen LogP contribution in [0.25, 0.3) is 16.6 Å². The van der Waals surface area contributed by atoms with E-state index in [-0.39, 0.29) is 34.0 Å². The molecule has 10 heteroatoms. The molecule has 3 aromatic heterocycles. The van der Waals surface area contributed by atoms with Gasteiger partial charge in [-0.3, -0.25) is 28.3 Å². The fourth-order valence-electron chi connectivity index (χ4n) is 4.27. The van der Waals surface area contributed by atoms with E-state index in [0.717, 1.165) is 5.56 Å². The molecule has 9 nitrogen and oxygen atoms in total. The topological polar surface area (TPSA) is 117 Å². The summed E-state index contributed by atoms with van der Waals surface area (Å²) in [7, 11) is 1.50. The Morgan fingerprint density at radius 3 is 2.47 bits per heavy atom. The number of nitrogens with zero attached hydrogens (tertiary/aromatic N) is 4. The Hall–Kier alpha value is -4.21. The molecule has 34 heavy (non-hydrogen) atoms. The normalized spacial score (nSPS) is 13.4. The highest BCUT2D eigenvalue weighted by Crippen LogP contribution is 2.34. The van der Waals surface area contributed by atoms with Crippen LogP contribution in [0.3, 0.4) is 0 Å². The molecule has 0 spiro atoms. The number of hydrogen-bond donors (Lipinski definition) is 2. The summed E-state index contributed by atoms with van der Waals surface area (Å²) in [6.07, 6.45) is 4.26. The van der Waals surface area contributed by atoms with Crippen LogP contribution in [-0.2, 0) is 7.05 Å². The van der Waals surface area contributed by atoms with Crippen molar-refractivity contribution in [1.82, 2.24) is 18.7 Å². The van der Waals surface area contributed by atoms with Gasteiger partial charge >= 0.3 is 5.69 Å². The number of aromatic nitrogens is 4. The Kier molecular flexibility index (Phi) is 4.89. The summed E-state index contributed by atoms with van der Waals surface area (Å²) in [6, 6.07) is 5.92. The molecule has 0 aliphatic heterocycles. The highest BCUT2D eigenvalue weighted by molar-refractivity contribution is 5.93. The fourth-order valence-corrected chi connectivity index (χ4v) is 4.27. The van der Waals surface area contributed by atoms with Gasteiger partial charge in [-0.25, -0.2) is 9.18 Å². The van der Waals surface area contributed by atoms with Gasteiger partial charge in [0.25, 0.3) is 11.1 Å². The summed E-state index contributed by atoms with van der Waals surface area (Å²) in [5.74, 6) is -0.435. The summed E-state index contributed by atoms with van der Waals surface area (Å²) < 4.78 is 18.5. The summed E-state index contributed by atoms with van der Waals surface area (Å²) in [6.45, 7) is 3.31. The number of fused-ring (bicyclic) bond motifs is 1. The molecule has 4 aromatic rings. The third-order valence-corrected chi connectivity index (χ3v) is 6.14. The van der Waals surface area contributed by atoms with Gasteiger partial charge in [-0.05, 0) is 50.5 Å². The van der Waals surface area contributed by atoms with Crippen LogP contribution < -0.4 is 27.9 Å². The molecule has 0 saturated heterocycles. The molecule has 1 fully saturated rings. The van der Waals surface area contributed by atoms with Crippen LogP contribution >= 0.6 is 0 Å². The molecule has 1 saturated carbocycles. The molecule has 0 amide bonds. The third-order valence-electron chi connectivity index (χ3n) is 6.14. The van der Waals surface area contributed by atoms with Crippen LogP contribution in [0.4, 0.5) is 21.6 Å². The predicted octanol–water partition coefficient (Wildman–Crippen LogP) is 2.66. The minimum absolute atomic E-state index is 0.0957. The Balaban J connectivity index is 1.95. The van der Waals surface area contributed by atoms with Crippen molar-refractivity contribution in [3.63, 3.8) is 0 Å². The van der Waals surface area contributed by atoms with Crippen molar-refractivity contribution in [2.45, 2.75) is 32.7 Å². The van der Waals surface area contributed by atoms with Crippen molar-refractivity contribution in [1.29, 1.82) is 0 Å². The molecule has 0 atom stereocenters. The molecule has 1 aliphatic rings.